The third kappa shape index (κ3) is 2.60. The maximum atomic E-state index is 12.4. The highest BCUT2D eigenvalue weighted by Crippen LogP contribution is 2.39. The van der Waals surface area contributed by atoms with E-state index >= 15 is 0 Å². The maximum Gasteiger partial charge on any atom is 0.317 e. The van der Waals surface area contributed by atoms with Gasteiger partial charge in [-0.25, -0.2) is 4.79 Å². The fraction of sp³-hybridized carbons (Fsp3) is 0.611. The summed E-state index contributed by atoms with van der Waals surface area (Å²) in [7, 11) is 0. The van der Waals surface area contributed by atoms with Crippen LogP contribution in [0.5, 0.6) is 0 Å². The number of hydrogen-bond acceptors (Lipinski definition) is 2. The topological polar surface area (TPSA) is 41.6 Å². The van der Waals surface area contributed by atoms with Gasteiger partial charge in [0.1, 0.15) is 0 Å². The minimum atomic E-state index is 0.125. The molecule has 22 heavy (non-hydrogen) atoms. The number of nitrogens with one attached hydrogen (secondary N) is 1. The van der Waals surface area contributed by atoms with Gasteiger partial charge < -0.3 is 15.0 Å². The SMILES string of the molecule is O=C(NC1CC(c2ccccc2)C1)N1CCC2(CCOC2)C1. The van der Waals surface area contributed by atoms with Crippen LogP contribution in [0.2, 0.25) is 0 Å². The second-order valence-electron chi connectivity index (χ2n) is 7.20. The molecule has 1 atom stereocenters. The second kappa shape index (κ2) is 5.58. The van der Waals surface area contributed by atoms with Crippen molar-refractivity contribution in [3.8, 4) is 0 Å². The van der Waals surface area contributed by atoms with Crippen molar-refractivity contribution in [1.82, 2.24) is 10.2 Å². The zero-order valence-electron chi connectivity index (χ0n) is 13.0. The Balaban J connectivity index is 1.26. The van der Waals surface area contributed by atoms with Crippen LogP contribution >= 0.6 is 0 Å². The average molecular weight is 300 g/mol. The Morgan fingerprint density at radius 3 is 2.77 bits per heavy atom. The Bertz CT molecular complexity index is 533. The number of benzene rings is 1. The molecule has 3 aliphatic rings. The van der Waals surface area contributed by atoms with E-state index in [2.05, 4.69) is 35.6 Å². The van der Waals surface area contributed by atoms with E-state index in [9.17, 15) is 4.79 Å². The van der Waals surface area contributed by atoms with E-state index in [0.717, 1.165) is 52.0 Å². The summed E-state index contributed by atoms with van der Waals surface area (Å²) in [6.45, 7) is 3.44. The first-order valence-corrected chi connectivity index (χ1v) is 8.42. The fourth-order valence-electron chi connectivity index (χ4n) is 4.08. The van der Waals surface area contributed by atoms with Crippen LogP contribution in [0.3, 0.4) is 0 Å². The summed E-state index contributed by atoms with van der Waals surface area (Å²) in [5, 5.41) is 3.21. The van der Waals surface area contributed by atoms with Crippen molar-refractivity contribution in [1.29, 1.82) is 0 Å². The number of nitrogens with zero attached hydrogens (tertiary/aromatic N) is 1. The van der Waals surface area contributed by atoms with Gasteiger partial charge in [0.15, 0.2) is 0 Å². The molecule has 2 saturated heterocycles. The van der Waals surface area contributed by atoms with Crippen LogP contribution in [0.4, 0.5) is 4.79 Å². The summed E-state index contributed by atoms with van der Waals surface area (Å²) in [4.78, 5) is 14.4. The Labute approximate surface area is 131 Å². The first-order valence-electron chi connectivity index (χ1n) is 8.42. The minimum absolute atomic E-state index is 0.125. The van der Waals surface area contributed by atoms with Gasteiger partial charge in [-0.1, -0.05) is 30.3 Å². The highest BCUT2D eigenvalue weighted by molar-refractivity contribution is 5.75. The molecule has 4 nitrogen and oxygen atoms in total. The van der Waals surface area contributed by atoms with E-state index in [1.165, 1.54) is 5.56 Å². The van der Waals surface area contributed by atoms with E-state index < -0.39 is 0 Å². The Morgan fingerprint density at radius 1 is 1.23 bits per heavy atom. The lowest BCUT2D eigenvalue weighted by molar-refractivity contribution is 0.150. The molecule has 1 aromatic carbocycles. The first kappa shape index (κ1) is 14.1. The van der Waals surface area contributed by atoms with Crippen molar-refractivity contribution in [2.75, 3.05) is 26.3 Å². The number of carbonyl (C=O) groups is 1. The minimum Gasteiger partial charge on any atom is -0.381 e. The smallest absolute Gasteiger partial charge is 0.317 e. The highest BCUT2D eigenvalue weighted by atomic mass is 16.5. The van der Waals surface area contributed by atoms with Crippen molar-refractivity contribution in [3.05, 3.63) is 35.9 Å². The number of urea groups is 1. The van der Waals surface area contributed by atoms with E-state index in [-0.39, 0.29) is 11.4 Å². The van der Waals surface area contributed by atoms with Crippen molar-refractivity contribution in [3.63, 3.8) is 0 Å². The molecule has 0 radical (unpaired) electrons. The van der Waals surface area contributed by atoms with Gasteiger partial charge in [-0.05, 0) is 37.2 Å². The van der Waals surface area contributed by atoms with Crippen LogP contribution in [0.1, 0.15) is 37.2 Å². The summed E-state index contributed by atoms with van der Waals surface area (Å²) in [6, 6.07) is 11.1. The molecule has 0 bridgehead atoms. The van der Waals surface area contributed by atoms with Crippen LogP contribution in [0.25, 0.3) is 0 Å². The van der Waals surface area contributed by atoms with Crippen LogP contribution < -0.4 is 5.32 Å². The molecule has 118 valence electrons. The number of rotatable bonds is 2. The van der Waals surface area contributed by atoms with E-state index in [1.54, 1.807) is 0 Å². The lowest BCUT2D eigenvalue weighted by Gasteiger charge is -2.37. The normalized spacial score (nSPS) is 33.9. The monoisotopic (exact) mass is 300 g/mol. The largest absolute Gasteiger partial charge is 0.381 e. The van der Waals surface area contributed by atoms with Gasteiger partial charge in [0.2, 0.25) is 0 Å². The van der Waals surface area contributed by atoms with Crippen LogP contribution in [-0.2, 0) is 4.74 Å². The zero-order chi connectivity index (χ0) is 15.0. The van der Waals surface area contributed by atoms with Crippen molar-refractivity contribution < 1.29 is 9.53 Å². The van der Waals surface area contributed by atoms with E-state index in [0.29, 0.717) is 12.0 Å². The van der Waals surface area contributed by atoms with Crippen LogP contribution in [0, 0.1) is 5.41 Å². The molecule has 1 aliphatic carbocycles. The first-order chi connectivity index (χ1) is 10.7. The molecular weight excluding hydrogens is 276 g/mol. The predicted molar refractivity (Wildman–Crippen MR) is 84.8 cm³/mol. The molecule has 1 spiro atoms. The third-order valence-corrected chi connectivity index (χ3v) is 5.65. The van der Waals surface area contributed by atoms with Crippen molar-refractivity contribution in [2.24, 2.45) is 5.41 Å². The summed E-state index contributed by atoms with van der Waals surface area (Å²) < 4.78 is 5.53. The predicted octanol–water partition coefficient (Wildman–Crippen LogP) is 2.75. The molecule has 1 saturated carbocycles. The van der Waals surface area contributed by atoms with Crippen LogP contribution in [-0.4, -0.2) is 43.3 Å². The summed E-state index contributed by atoms with van der Waals surface area (Å²) in [5.74, 6) is 0.611. The molecule has 2 heterocycles. The Morgan fingerprint density at radius 2 is 2.05 bits per heavy atom. The lowest BCUT2D eigenvalue weighted by Crippen LogP contribution is -2.49. The maximum absolute atomic E-state index is 12.4. The Hall–Kier alpha value is -1.55. The second-order valence-corrected chi connectivity index (χ2v) is 7.20. The molecule has 4 heteroatoms. The summed E-state index contributed by atoms with van der Waals surface area (Å²) in [6.07, 6.45) is 4.34. The van der Waals surface area contributed by atoms with Gasteiger partial charge in [-0.2, -0.15) is 0 Å². The molecule has 1 N–H and O–H groups in total. The molecule has 1 unspecified atom stereocenters. The lowest BCUT2D eigenvalue weighted by atomic mass is 9.76. The van der Waals surface area contributed by atoms with E-state index in [4.69, 9.17) is 4.74 Å². The molecule has 1 aromatic rings. The standard InChI is InChI=1S/C18H24N2O2/c21-17(20-8-6-18(12-20)7-9-22-13-18)19-16-10-15(11-16)14-4-2-1-3-5-14/h1-5,15-16H,6-13H2,(H,19,21). The number of ether oxygens (including phenoxy) is 1. The molecule has 3 fully saturated rings. The van der Waals surface area contributed by atoms with Crippen molar-refractivity contribution in [2.45, 2.75) is 37.6 Å². The van der Waals surface area contributed by atoms with Gasteiger partial charge in [0.05, 0.1) is 6.61 Å². The number of hydrogen-bond donors (Lipinski definition) is 1. The molecule has 0 aromatic heterocycles. The van der Waals surface area contributed by atoms with Crippen LogP contribution in [0.15, 0.2) is 30.3 Å². The molecule has 2 amide bonds. The fourth-order valence-corrected chi connectivity index (χ4v) is 4.08. The summed E-state index contributed by atoms with van der Waals surface area (Å²) in [5.41, 5.74) is 1.65. The molecule has 2 aliphatic heterocycles. The van der Waals surface area contributed by atoms with Gasteiger partial charge in [-0.3, -0.25) is 0 Å². The quantitative estimate of drug-likeness (QED) is 0.912. The summed E-state index contributed by atoms with van der Waals surface area (Å²) >= 11 is 0. The highest BCUT2D eigenvalue weighted by Gasteiger charge is 2.43. The van der Waals surface area contributed by atoms with E-state index in [1.807, 2.05) is 4.90 Å². The number of likely N-dealkylation sites (tertiary alicyclic amines) is 1. The molecular formula is C18H24N2O2. The van der Waals surface area contributed by atoms with Gasteiger partial charge in [0, 0.05) is 31.2 Å². The average Bonchev–Trinajstić information content (AvgIpc) is 3.14. The van der Waals surface area contributed by atoms with Gasteiger partial charge >= 0.3 is 6.03 Å². The van der Waals surface area contributed by atoms with Gasteiger partial charge in [0.25, 0.3) is 0 Å². The third-order valence-electron chi connectivity index (χ3n) is 5.65. The van der Waals surface area contributed by atoms with Crippen molar-refractivity contribution >= 4 is 6.03 Å². The number of amides is 2. The zero-order valence-corrected chi connectivity index (χ0v) is 13.0. The Kier molecular flexibility index (Phi) is 3.57. The van der Waals surface area contributed by atoms with Gasteiger partial charge in [-0.15, -0.1) is 0 Å². The molecule has 4 rings (SSSR count). The number of carbonyl (C=O) groups excluding carboxylic acids is 1.